The third kappa shape index (κ3) is 1.98. The van der Waals surface area contributed by atoms with Crippen LogP contribution in [-0.2, 0) is 0 Å². The van der Waals surface area contributed by atoms with E-state index in [2.05, 4.69) is 25.8 Å². The van der Waals surface area contributed by atoms with Gasteiger partial charge in [0.1, 0.15) is 0 Å². The van der Waals surface area contributed by atoms with Crippen molar-refractivity contribution in [2.75, 3.05) is 13.1 Å². The molecule has 0 spiro atoms. The highest BCUT2D eigenvalue weighted by atomic mass is 15.1. The minimum atomic E-state index is 0.514. The molecule has 1 rings (SSSR count). The summed E-state index contributed by atoms with van der Waals surface area (Å²) < 4.78 is 0. The zero-order chi connectivity index (χ0) is 6.91. The van der Waals surface area contributed by atoms with Crippen LogP contribution in [-0.4, -0.2) is 18.0 Å². The molecule has 1 saturated heterocycles. The number of hydrogen-bond donors (Lipinski definition) is 0. The van der Waals surface area contributed by atoms with Crippen LogP contribution in [0.1, 0.15) is 26.7 Å². The van der Waals surface area contributed by atoms with Gasteiger partial charge in [-0.05, 0) is 24.8 Å². The van der Waals surface area contributed by atoms with Gasteiger partial charge in [0, 0.05) is 13.6 Å². The van der Waals surface area contributed by atoms with E-state index in [4.69, 9.17) is 0 Å². The lowest BCUT2D eigenvalue weighted by molar-refractivity contribution is 0.158. The third-order valence-corrected chi connectivity index (χ3v) is 1.98. The normalized spacial score (nSPS) is 28.3. The van der Waals surface area contributed by atoms with Crippen molar-refractivity contribution in [3.63, 3.8) is 0 Å². The van der Waals surface area contributed by atoms with Crippen molar-refractivity contribution in [1.82, 2.24) is 4.90 Å². The van der Waals surface area contributed by atoms with Crippen LogP contribution >= 0.6 is 0 Å². The number of likely N-dealkylation sites (tertiary alicyclic amines) is 1. The Labute approximate surface area is 58.0 Å². The summed E-state index contributed by atoms with van der Waals surface area (Å²) in [7, 11) is 3.93. The van der Waals surface area contributed by atoms with Crippen molar-refractivity contribution in [3.05, 3.63) is 7.05 Å². The average molecular weight is 126 g/mol. The second-order valence-corrected chi connectivity index (χ2v) is 3.82. The van der Waals surface area contributed by atoms with E-state index in [1.165, 1.54) is 19.4 Å². The van der Waals surface area contributed by atoms with Crippen molar-refractivity contribution < 1.29 is 0 Å². The molecule has 0 amide bonds. The van der Waals surface area contributed by atoms with E-state index in [-0.39, 0.29) is 0 Å². The molecular formula is C8H16N. The molecule has 1 nitrogen and oxygen atoms in total. The minimum absolute atomic E-state index is 0.514. The van der Waals surface area contributed by atoms with Crippen LogP contribution in [0.2, 0.25) is 0 Å². The molecule has 1 fully saturated rings. The van der Waals surface area contributed by atoms with Gasteiger partial charge < -0.3 is 4.90 Å². The van der Waals surface area contributed by atoms with Gasteiger partial charge in [-0.1, -0.05) is 13.8 Å². The van der Waals surface area contributed by atoms with Crippen molar-refractivity contribution in [3.8, 4) is 0 Å². The number of piperidine rings is 1. The van der Waals surface area contributed by atoms with Crippen molar-refractivity contribution in [2.45, 2.75) is 26.7 Å². The van der Waals surface area contributed by atoms with E-state index in [9.17, 15) is 0 Å². The molecule has 0 aromatic rings. The molecule has 1 heteroatoms. The molecule has 1 heterocycles. The fourth-order valence-electron chi connectivity index (χ4n) is 1.54. The van der Waals surface area contributed by atoms with Gasteiger partial charge in [0.25, 0.3) is 0 Å². The minimum Gasteiger partial charge on any atom is -0.302 e. The average Bonchev–Trinajstić information content (AvgIpc) is 1.60. The Bertz CT molecular complexity index is 96.7. The van der Waals surface area contributed by atoms with Crippen LogP contribution in [0.15, 0.2) is 0 Å². The molecule has 0 N–H and O–H groups in total. The van der Waals surface area contributed by atoms with Gasteiger partial charge in [-0.3, -0.25) is 0 Å². The molecule has 0 saturated carbocycles. The first-order valence-corrected chi connectivity index (χ1v) is 3.66. The molecule has 0 unspecified atom stereocenters. The fourth-order valence-corrected chi connectivity index (χ4v) is 1.54. The predicted molar refractivity (Wildman–Crippen MR) is 39.9 cm³/mol. The second-order valence-electron chi connectivity index (χ2n) is 3.82. The van der Waals surface area contributed by atoms with Crippen LogP contribution in [0.5, 0.6) is 0 Å². The predicted octanol–water partition coefficient (Wildman–Crippen LogP) is 1.90. The summed E-state index contributed by atoms with van der Waals surface area (Å²) in [5, 5.41) is 0. The zero-order valence-electron chi connectivity index (χ0n) is 6.48. The van der Waals surface area contributed by atoms with Crippen molar-refractivity contribution in [2.24, 2.45) is 5.41 Å². The van der Waals surface area contributed by atoms with Crippen LogP contribution in [0, 0.1) is 12.5 Å². The highest BCUT2D eigenvalue weighted by Gasteiger charge is 2.23. The van der Waals surface area contributed by atoms with E-state index in [1.54, 1.807) is 0 Å². The Kier molecular flexibility index (Phi) is 1.80. The molecule has 1 radical (unpaired) electrons. The monoisotopic (exact) mass is 126 g/mol. The maximum absolute atomic E-state index is 3.93. The summed E-state index contributed by atoms with van der Waals surface area (Å²) >= 11 is 0. The number of hydrogen-bond acceptors (Lipinski definition) is 1. The number of nitrogens with zero attached hydrogens (tertiary/aromatic N) is 1. The van der Waals surface area contributed by atoms with Gasteiger partial charge in [-0.2, -0.15) is 0 Å². The van der Waals surface area contributed by atoms with Gasteiger partial charge in [0.2, 0.25) is 0 Å². The summed E-state index contributed by atoms with van der Waals surface area (Å²) in [4.78, 5) is 2.17. The lowest BCUT2D eigenvalue weighted by Gasteiger charge is -2.35. The van der Waals surface area contributed by atoms with Gasteiger partial charge in [-0.25, -0.2) is 0 Å². The van der Waals surface area contributed by atoms with Crippen molar-refractivity contribution >= 4 is 0 Å². The maximum atomic E-state index is 3.93. The molecule has 0 aromatic carbocycles. The van der Waals surface area contributed by atoms with Crippen molar-refractivity contribution in [1.29, 1.82) is 0 Å². The fraction of sp³-hybridized carbons (Fsp3) is 0.875. The summed E-state index contributed by atoms with van der Waals surface area (Å²) in [6, 6.07) is 0. The van der Waals surface area contributed by atoms with Crippen LogP contribution in [0.25, 0.3) is 0 Å². The number of rotatable bonds is 0. The van der Waals surface area contributed by atoms with E-state index >= 15 is 0 Å². The SMILES string of the molecule is [CH2]N1CCCC(C)(C)C1. The molecule has 0 aromatic heterocycles. The smallest absolute Gasteiger partial charge is 0.0110 e. The highest BCUT2D eigenvalue weighted by molar-refractivity contribution is 4.78. The van der Waals surface area contributed by atoms with Gasteiger partial charge in [0.15, 0.2) is 0 Å². The zero-order valence-corrected chi connectivity index (χ0v) is 6.48. The molecule has 0 bridgehead atoms. The molecule has 9 heavy (non-hydrogen) atoms. The molecule has 0 atom stereocenters. The third-order valence-electron chi connectivity index (χ3n) is 1.98. The molecule has 0 aliphatic carbocycles. The lowest BCUT2D eigenvalue weighted by atomic mass is 9.84. The van der Waals surface area contributed by atoms with E-state index in [0.717, 1.165) is 6.54 Å². The van der Waals surface area contributed by atoms with Crippen LogP contribution in [0.4, 0.5) is 0 Å². The molecule has 1 aliphatic heterocycles. The van der Waals surface area contributed by atoms with E-state index in [0.29, 0.717) is 5.41 Å². The quantitative estimate of drug-likeness (QED) is 0.479. The standard InChI is InChI=1S/C8H16N/c1-8(2)5-4-6-9(3)7-8/h3-7H2,1-2H3. The molecule has 53 valence electrons. The summed E-state index contributed by atoms with van der Waals surface area (Å²) in [5.41, 5.74) is 0.514. The summed E-state index contributed by atoms with van der Waals surface area (Å²) in [5.74, 6) is 0. The first kappa shape index (κ1) is 7.07. The van der Waals surface area contributed by atoms with Gasteiger partial charge in [-0.15, -0.1) is 0 Å². The Morgan fingerprint density at radius 1 is 1.44 bits per heavy atom. The highest BCUT2D eigenvalue weighted by Crippen LogP contribution is 2.27. The molecular weight excluding hydrogens is 110 g/mol. The Morgan fingerprint density at radius 2 is 2.11 bits per heavy atom. The van der Waals surface area contributed by atoms with Gasteiger partial charge in [0.05, 0.1) is 0 Å². The largest absolute Gasteiger partial charge is 0.302 e. The molecule has 1 aliphatic rings. The Balaban J connectivity index is 2.41. The second kappa shape index (κ2) is 2.30. The summed E-state index contributed by atoms with van der Waals surface area (Å²) in [6.45, 7) is 6.96. The van der Waals surface area contributed by atoms with E-state index in [1.807, 2.05) is 0 Å². The first-order valence-electron chi connectivity index (χ1n) is 3.66. The lowest BCUT2D eigenvalue weighted by Crippen LogP contribution is -2.35. The van der Waals surface area contributed by atoms with Crippen LogP contribution < -0.4 is 0 Å². The van der Waals surface area contributed by atoms with Crippen LogP contribution in [0.3, 0.4) is 0 Å². The topological polar surface area (TPSA) is 3.24 Å². The van der Waals surface area contributed by atoms with E-state index < -0.39 is 0 Å². The Hall–Kier alpha value is -0.0400. The van der Waals surface area contributed by atoms with Gasteiger partial charge >= 0.3 is 0 Å². The Morgan fingerprint density at radius 3 is 2.44 bits per heavy atom. The summed E-state index contributed by atoms with van der Waals surface area (Å²) in [6.07, 6.45) is 2.68. The first-order chi connectivity index (χ1) is 4.10. The maximum Gasteiger partial charge on any atom is 0.0110 e.